The lowest BCUT2D eigenvalue weighted by atomic mass is 10.1. The highest BCUT2D eigenvalue weighted by molar-refractivity contribution is 5.92. The van der Waals surface area contributed by atoms with E-state index in [1.807, 2.05) is 0 Å². The first-order valence-corrected chi connectivity index (χ1v) is 10.6. The van der Waals surface area contributed by atoms with Crippen molar-refractivity contribution < 1.29 is 22.8 Å². The zero-order valence-corrected chi connectivity index (χ0v) is 18.3. The summed E-state index contributed by atoms with van der Waals surface area (Å²) < 4.78 is 47.2. The van der Waals surface area contributed by atoms with E-state index in [2.05, 4.69) is 15.3 Å². The number of hydrogen-bond acceptors (Lipinski definition) is 6. The van der Waals surface area contributed by atoms with Crippen LogP contribution in [0.5, 0.6) is 11.5 Å². The van der Waals surface area contributed by atoms with Crippen molar-refractivity contribution in [1.29, 1.82) is 0 Å². The number of hydrogen-bond donors (Lipinski definition) is 1. The van der Waals surface area contributed by atoms with Crippen molar-refractivity contribution in [3.05, 3.63) is 112 Å². The van der Waals surface area contributed by atoms with Gasteiger partial charge in [-0.25, -0.2) is 23.1 Å². The fourth-order valence-corrected chi connectivity index (χ4v) is 3.58. The van der Waals surface area contributed by atoms with Crippen LogP contribution in [0.25, 0.3) is 22.3 Å². The van der Waals surface area contributed by atoms with Gasteiger partial charge in [0.25, 0.3) is 5.69 Å². The molecule has 0 spiro atoms. The van der Waals surface area contributed by atoms with E-state index in [0.717, 1.165) is 18.2 Å². The maximum Gasteiger partial charge on any atom is 0.275 e. The zero-order valence-electron chi connectivity index (χ0n) is 18.3. The minimum atomic E-state index is -0.965. The molecular formula is C26H15F3N4O3. The number of benzene rings is 4. The van der Waals surface area contributed by atoms with Crippen molar-refractivity contribution in [3.8, 4) is 22.9 Å². The molecule has 0 aliphatic carbocycles. The predicted molar refractivity (Wildman–Crippen MR) is 128 cm³/mol. The van der Waals surface area contributed by atoms with Crippen LogP contribution in [-0.4, -0.2) is 14.9 Å². The summed E-state index contributed by atoms with van der Waals surface area (Å²) in [7, 11) is 0. The summed E-state index contributed by atoms with van der Waals surface area (Å²) in [5.74, 6) is -2.26. The van der Waals surface area contributed by atoms with E-state index in [1.54, 1.807) is 42.5 Å². The molecule has 0 fully saturated rings. The Hall–Kier alpha value is -4.99. The number of nitrogens with zero attached hydrogens (tertiary/aromatic N) is 3. The quantitative estimate of drug-likeness (QED) is 0.202. The highest BCUT2D eigenvalue weighted by Gasteiger charge is 2.16. The van der Waals surface area contributed by atoms with Crippen LogP contribution in [0.4, 0.5) is 30.4 Å². The van der Waals surface area contributed by atoms with Gasteiger partial charge < -0.3 is 10.1 Å². The minimum absolute atomic E-state index is 0.0649. The molecule has 5 aromatic rings. The average molecular weight is 488 g/mol. The Bertz CT molecular complexity index is 1630. The normalized spacial score (nSPS) is 10.9. The lowest BCUT2D eigenvalue weighted by Gasteiger charge is -2.13. The Balaban J connectivity index is 1.59. The van der Waals surface area contributed by atoms with Gasteiger partial charge in [0, 0.05) is 23.6 Å². The Labute approximate surface area is 202 Å². The van der Waals surface area contributed by atoms with Crippen LogP contribution < -0.4 is 10.1 Å². The lowest BCUT2D eigenvalue weighted by molar-refractivity contribution is -0.384. The third-order valence-electron chi connectivity index (χ3n) is 5.20. The van der Waals surface area contributed by atoms with Crippen molar-refractivity contribution in [1.82, 2.24) is 9.97 Å². The largest absolute Gasteiger partial charge is 0.454 e. The van der Waals surface area contributed by atoms with Crippen LogP contribution in [0.2, 0.25) is 0 Å². The fraction of sp³-hybridized carbons (Fsp3) is 0. The molecule has 1 heterocycles. The van der Waals surface area contributed by atoms with Crippen LogP contribution in [-0.2, 0) is 0 Å². The number of anilines is 2. The second-order valence-corrected chi connectivity index (χ2v) is 7.67. The summed E-state index contributed by atoms with van der Waals surface area (Å²) >= 11 is 0. The molecule has 5 rings (SSSR count). The van der Waals surface area contributed by atoms with Crippen molar-refractivity contribution in [2.24, 2.45) is 0 Å². The Kier molecular flexibility index (Phi) is 5.91. The molecule has 7 nitrogen and oxygen atoms in total. The average Bonchev–Trinajstić information content (AvgIpc) is 2.86. The van der Waals surface area contributed by atoms with Crippen LogP contribution in [0.3, 0.4) is 0 Å². The summed E-state index contributed by atoms with van der Waals surface area (Å²) in [5.41, 5.74) is 0.556. The van der Waals surface area contributed by atoms with Crippen LogP contribution in [0.1, 0.15) is 0 Å². The van der Waals surface area contributed by atoms with E-state index in [-0.39, 0.29) is 40.1 Å². The van der Waals surface area contributed by atoms with Gasteiger partial charge in [0.15, 0.2) is 17.4 Å². The molecular weight excluding hydrogens is 473 g/mol. The maximum absolute atomic E-state index is 14.4. The molecule has 0 aliphatic heterocycles. The third kappa shape index (κ3) is 4.64. The molecule has 0 amide bonds. The molecule has 0 saturated heterocycles. The molecule has 0 bridgehead atoms. The summed E-state index contributed by atoms with van der Waals surface area (Å²) in [6.45, 7) is 0. The third-order valence-corrected chi connectivity index (χ3v) is 5.20. The number of nitro groups is 1. The molecule has 0 unspecified atom stereocenters. The second-order valence-electron chi connectivity index (χ2n) is 7.67. The van der Waals surface area contributed by atoms with Gasteiger partial charge >= 0.3 is 0 Å². The van der Waals surface area contributed by atoms with E-state index in [4.69, 9.17) is 4.74 Å². The molecule has 0 aliphatic rings. The molecule has 1 aromatic heterocycles. The van der Waals surface area contributed by atoms with E-state index in [9.17, 15) is 23.3 Å². The number of ether oxygens (including phenoxy) is 1. The first-order chi connectivity index (χ1) is 17.4. The van der Waals surface area contributed by atoms with Gasteiger partial charge in [-0.05, 0) is 36.4 Å². The number of aromatic nitrogens is 2. The van der Waals surface area contributed by atoms with E-state index < -0.39 is 22.4 Å². The Morgan fingerprint density at radius 2 is 1.61 bits per heavy atom. The Morgan fingerprint density at radius 3 is 2.39 bits per heavy atom. The fourth-order valence-electron chi connectivity index (χ4n) is 3.58. The minimum Gasteiger partial charge on any atom is -0.454 e. The van der Waals surface area contributed by atoms with Crippen molar-refractivity contribution in [3.63, 3.8) is 0 Å². The molecule has 0 radical (unpaired) electrons. The first-order valence-electron chi connectivity index (χ1n) is 10.6. The summed E-state index contributed by atoms with van der Waals surface area (Å²) in [6, 6.07) is 19.5. The summed E-state index contributed by atoms with van der Waals surface area (Å²) in [4.78, 5) is 19.8. The lowest BCUT2D eigenvalue weighted by Crippen LogP contribution is -2.01. The highest BCUT2D eigenvalue weighted by Crippen LogP contribution is 2.34. The number of rotatable bonds is 6. The molecule has 1 N–H and O–H groups in total. The topological polar surface area (TPSA) is 90.2 Å². The van der Waals surface area contributed by atoms with Crippen LogP contribution in [0.15, 0.2) is 84.9 Å². The Morgan fingerprint density at radius 1 is 0.833 bits per heavy atom. The number of nitrogens with one attached hydrogen (secondary N) is 1. The first kappa shape index (κ1) is 22.8. The van der Waals surface area contributed by atoms with Gasteiger partial charge in [-0.2, -0.15) is 0 Å². The van der Waals surface area contributed by atoms with E-state index in [1.165, 1.54) is 18.2 Å². The maximum atomic E-state index is 14.4. The molecule has 0 saturated carbocycles. The van der Waals surface area contributed by atoms with Crippen molar-refractivity contribution >= 4 is 28.1 Å². The second kappa shape index (κ2) is 9.34. The van der Waals surface area contributed by atoms with Gasteiger partial charge in [0.1, 0.15) is 23.2 Å². The predicted octanol–water partition coefficient (Wildman–Crippen LogP) is 7.16. The SMILES string of the molecule is O=[N+]([O-])c1cc(Nc2nc(-c3ccccc3F)nc3ccccc23)cc(Oc2ccc(F)cc2F)c1. The number of para-hydroxylation sites is 1. The number of halogens is 3. The van der Waals surface area contributed by atoms with Crippen LogP contribution >= 0.6 is 0 Å². The summed E-state index contributed by atoms with van der Waals surface area (Å²) in [6.07, 6.45) is 0. The highest BCUT2D eigenvalue weighted by atomic mass is 19.1. The number of fused-ring (bicyclic) bond motifs is 1. The van der Waals surface area contributed by atoms with E-state index >= 15 is 0 Å². The molecule has 0 atom stereocenters. The molecule has 10 heteroatoms. The summed E-state index contributed by atoms with van der Waals surface area (Å²) in [5, 5.41) is 15.1. The molecule has 178 valence electrons. The molecule has 4 aromatic carbocycles. The van der Waals surface area contributed by atoms with Crippen molar-refractivity contribution in [2.75, 3.05) is 5.32 Å². The van der Waals surface area contributed by atoms with Gasteiger partial charge in [-0.3, -0.25) is 10.1 Å². The van der Waals surface area contributed by atoms with Crippen LogP contribution in [0, 0.1) is 27.6 Å². The standard InChI is InChI=1S/C26H15F3N4O3/c27-15-9-10-24(22(29)11-15)36-18-13-16(12-17(14-18)33(34)35)30-26-20-6-2-4-8-23(20)31-25(32-26)19-5-1-3-7-21(19)28/h1-14H,(H,30,31,32). The molecule has 36 heavy (non-hydrogen) atoms. The monoisotopic (exact) mass is 488 g/mol. The van der Waals surface area contributed by atoms with Crippen molar-refractivity contribution in [2.45, 2.75) is 0 Å². The van der Waals surface area contributed by atoms with Gasteiger partial charge in [-0.15, -0.1) is 0 Å². The van der Waals surface area contributed by atoms with Gasteiger partial charge in [-0.1, -0.05) is 24.3 Å². The van der Waals surface area contributed by atoms with E-state index in [0.29, 0.717) is 17.0 Å². The van der Waals surface area contributed by atoms with Gasteiger partial charge in [0.2, 0.25) is 0 Å². The van der Waals surface area contributed by atoms with Gasteiger partial charge in [0.05, 0.1) is 27.8 Å². The zero-order chi connectivity index (χ0) is 25.2. The number of nitro benzene ring substituents is 1. The smallest absolute Gasteiger partial charge is 0.275 e. The number of non-ortho nitro benzene ring substituents is 1.